The lowest BCUT2D eigenvalue weighted by atomic mass is 10.0. The first kappa shape index (κ1) is 34.2. The number of carbonyl (C=O) groups is 4. The van der Waals surface area contributed by atoms with Crippen molar-refractivity contribution >= 4 is 55.3 Å². The molecule has 0 spiro atoms. The molecule has 0 aliphatic rings. The first-order valence-electron chi connectivity index (χ1n) is 12.8. The number of methoxy groups -OCH3 is 1. The molecule has 41 heavy (non-hydrogen) atoms. The Morgan fingerprint density at radius 2 is 1.54 bits per heavy atom. The van der Waals surface area contributed by atoms with Crippen molar-refractivity contribution in [3.8, 4) is 5.75 Å². The zero-order valence-corrected chi connectivity index (χ0v) is 26.1. The Hall–Kier alpha value is -3.03. The molecule has 13 heteroatoms. The predicted molar refractivity (Wildman–Crippen MR) is 164 cm³/mol. The predicted octanol–water partition coefficient (Wildman–Crippen LogP) is 4.22. The summed E-state index contributed by atoms with van der Waals surface area (Å²) in [6.07, 6.45) is -0.733. The summed E-state index contributed by atoms with van der Waals surface area (Å²) < 4.78 is 10.1. The normalized spacial score (nSPS) is 13.3. The summed E-state index contributed by atoms with van der Waals surface area (Å²) in [6, 6.07) is 12.2. The van der Waals surface area contributed by atoms with Gasteiger partial charge in [0.25, 0.3) is 0 Å². The number of carbonyl (C=O) groups excluding carboxylic acids is 4. The van der Waals surface area contributed by atoms with E-state index >= 15 is 0 Å². The van der Waals surface area contributed by atoms with Gasteiger partial charge in [0.05, 0.1) is 7.11 Å². The summed E-state index contributed by atoms with van der Waals surface area (Å²) in [5.41, 5.74) is 1.44. The fourth-order valence-electron chi connectivity index (χ4n) is 3.19. The molecule has 2 rings (SSSR count). The van der Waals surface area contributed by atoms with Gasteiger partial charge in [0, 0.05) is 16.9 Å². The van der Waals surface area contributed by atoms with Crippen LogP contribution in [0, 0.1) is 0 Å². The molecule has 224 valence electrons. The van der Waals surface area contributed by atoms with Crippen LogP contribution in [-0.4, -0.2) is 64.7 Å². The van der Waals surface area contributed by atoms with Crippen LogP contribution in [0.1, 0.15) is 38.8 Å². The van der Waals surface area contributed by atoms with Crippen molar-refractivity contribution in [1.29, 1.82) is 0 Å². The quantitative estimate of drug-likeness (QED) is 0.137. The van der Waals surface area contributed by atoms with E-state index in [9.17, 15) is 24.3 Å². The standard InChI is InChI=1S/C28H37N3O7S3/c1-18(24(33)30-23(26(35)37-5)17-39-41-40-28(2,3)4)29-25(34)22(15-19-11-13-21(32)14-12-19)31-27(36)38-16-20-9-7-6-8-10-20/h6-14,18,22-23,32H,15-17H2,1-5H3,(H,29,34)(H,30,33)(H,31,36)/t18-,22-,23-/m0/s1. The molecule has 2 aromatic rings. The zero-order chi connectivity index (χ0) is 30.4. The van der Waals surface area contributed by atoms with E-state index in [1.165, 1.54) is 46.8 Å². The summed E-state index contributed by atoms with van der Waals surface area (Å²) >= 11 is 0. The maximum atomic E-state index is 13.2. The second-order valence-electron chi connectivity index (χ2n) is 9.99. The molecule has 0 aliphatic carbocycles. The Morgan fingerprint density at radius 3 is 2.15 bits per heavy atom. The van der Waals surface area contributed by atoms with Gasteiger partial charge < -0.3 is 30.5 Å². The van der Waals surface area contributed by atoms with E-state index in [1.54, 1.807) is 35.1 Å². The van der Waals surface area contributed by atoms with Crippen LogP contribution in [0.3, 0.4) is 0 Å². The number of ether oxygens (including phenoxy) is 2. The molecule has 10 nitrogen and oxygen atoms in total. The third kappa shape index (κ3) is 13.5. The van der Waals surface area contributed by atoms with Gasteiger partial charge in [-0.15, -0.1) is 0 Å². The van der Waals surface area contributed by atoms with Crippen LogP contribution < -0.4 is 16.0 Å². The van der Waals surface area contributed by atoms with Crippen LogP contribution in [0.15, 0.2) is 54.6 Å². The molecule has 0 bridgehead atoms. The number of hydrogen-bond acceptors (Lipinski definition) is 10. The molecular formula is C28H37N3O7S3. The number of alkyl carbamates (subject to hydrolysis) is 1. The van der Waals surface area contributed by atoms with Crippen molar-refractivity contribution < 1.29 is 33.8 Å². The third-order valence-corrected chi connectivity index (χ3v) is 10.3. The lowest BCUT2D eigenvalue weighted by Crippen LogP contribution is -2.55. The second kappa shape index (κ2) is 17.0. The van der Waals surface area contributed by atoms with E-state index in [0.717, 1.165) is 5.56 Å². The minimum atomic E-state index is -1.09. The van der Waals surface area contributed by atoms with E-state index in [-0.39, 0.29) is 29.3 Å². The SMILES string of the molecule is COC(=O)[C@H](CSSSC(C)(C)C)NC(=O)[C@H](C)NC(=O)[C@H](Cc1ccc(O)cc1)NC(=O)OCc1ccccc1. The van der Waals surface area contributed by atoms with Gasteiger partial charge in [0.1, 0.15) is 30.5 Å². The number of aromatic hydroxyl groups is 1. The number of rotatable bonds is 14. The van der Waals surface area contributed by atoms with Crippen LogP contribution in [0.4, 0.5) is 4.79 Å². The largest absolute Gasteiger partial charge is 0.508 e. The maximum Gasteiger partial charge on any atom is 0.408 e. The fraction of sp³-hybridized carbons (Fsp3) is 0.429. The fourth-order valence-corrected chi connectivity index (χ4v) is 7.96. The summed E-state index contributed by atoms with van der Waals surface area (Å²) in [5.74, 6) is -1.48. The van der Waals surface area contributed by atoms with E-state index < -0.39 is 42.0 Å². The molecule has 0 fully saturated rings. The number of benzene rings is 2. The Bertz CT molecular complexity index is 1140. The van der Waals surface area contributed by atoms with Crippen LogP contribution in [0.2, 0.25) is 0 Å². The molecular weight excluding hydrogens is 587 g/mol. The molecule has 0 aromatic heterocycles. The summed E-state index contributed by atoms with van der Waals surface area (Å²) in [6.45, 7) is 7.70. The molecule has 0 heterocycles. The third-order valence-electron chi connectivity index (χ3n) is 5.32. The molecule has 4 N–H and O–H groups in total. The number of phenols is 1. The molecule has 0 saturated carbocycles. The Balaban J connectivity index is 2.02. The summed E-state index contributed by atoms with van der Waals surface area (Å²) in [7, 11) is 5.81. The van der Waals surface area contributed by atoms with Gasteiger partial charge in [-0.25, -0.2) is 9.59 Å². The van der Waals surface area contributed by atoms with Gasteiger partial charge in [-0.2, -0.15) is 0 Å². The number of hydrogen-bond donors (Lipinski definition) is 4. The van der Waals surface area contributed by atoms with Crippen LogP contribution in [0.5, 0.6) is 5.75 Å². The van der Waals surface area contributed by atoms with Crippen molar-refractivity contribution in [2.45, 2.75) is 63.6 Å². The highest BCUT2D eigenvalue weighted by Crippen LogP contribution is 2.43. The first-order chi connectivity index (χ1) is 19.4. The minimum Gasteiger partial charge on any atom is -0.508 e. The lowest BCUT2D eigenvalue weighted by Gasteiger charge is -2.23. The van der Waals surface area contributed by atoms with Crippen molar-refractivity contribution in [3.63, 3.8) is 0 Å². The summed E-state index contributed by atoms with van der Waals surface area (Å²) in [4.78, 5) is 50.9. The number of nitrogens with one attached hydrogen (secondary N) is 3. The van der Waals surface area contributed by atoms with E-state index in [4.69, 9.17) is 9.47 Å². The number of esters is 1. The summed E-state index contributed by atoms with van der Waals surface area (Å²) in [5, 5.41) is 17.4. The van der Waals surface area contributed by atoms with Gasteiger partial charge in [-0.05, 0) is 40.0 Å². The van der Waals surface area contributed by atoms with Gasteiger partial charge in [-0.3, -0.25) is 9.59 Å². The topological polar surface area (TPSA) is 143 Å². The molecule has 0 saturated heterocycles. The molecule has 2 aromatic carbocycles. The molecule has 0 radical (unpaired) electrons. The molecule has 0 aliphatic heterocycles. The molecule has 3 amide bonds. The van der Waals surface area contributed by atoms with Gasteiger partial charge in [0.15, 0.2) is 0 Å². The highest BCUT2D eigenvalue weighted by Gasteiger charge is 2.28. The Labute approximate surface area is 252 Å². The highest BCUT2D eigenvalue weighted by atomic mass is 33.5. The number of phenolic OH excluding ortho intramolecular Hbond substituents is 1. The zero-order valence-electron chi connectivity index (χ0n) is 23.7. The lowest BCUT2D eigenvalue weighted by molar-refractivity contribution is -0.144. The van der Waals surface area contributed by atoms with Crippen LogP contribution >= 0.6 is 31.4 Å². The Morgan fingerprint density at radius 1 is 0.878 bits per heavy atom. The smallest absolute Gasteiger partial charge is 0.408 e. The highest BCUT2D eigenvalue weighted by molar-refractivity contribution is 9.09. The van der Waals surface area contributed by atoms with Gasteiger partial charge in [0.2, 0.25) is 11.8 Å². The van der Waals surface area contributed by atoms with Crippen molar-refractivity contribution in [2.75, 3.05) is 12.9 Å². The monoisotopic (exact) mass is 623 g/mol. The Kier molecular flexibility index (Phi) is 14.2. The van der Waals surface area contributed by atoms with Crippen molar-refractivity contribution in [1.82, 2.24) is 16.0 Å². The second-order valence-corrected chi connectivity index (χ2v) is 14.9. The molecule has 0 unspecified atom stereocenters. The average molecular weight is 624 g/mol. The number of amides is 3. The maximum absolute atomic E-state index is 13.2. The van der Waals surface area contributed by atoms with Crippen molar-refractivity contribution in [2.24, 2.45) is 0 Å². The van der Waals surface area contributed by atoms with Gasteiger partial charge in [-0.1, -0.05) is 84.8 Å². The average Bonchev–Trinajstić information content (AvgIpc) is 2.93. The van der Waals surface area contributed by atoms with E-state index in [2.05, 4.69) is 36.7 Å². The van der Waals surface area contributed by atoms with E-state index in [0.29, 0.717) is 5.56 Å². The van der Waals surface area contributed by atoms with Crippen molar-refractivity contribution in [3.05, 3.63) is 65.7 Å². The first-order valence-corrected chi connectivity index (χ1v) is 16.4. The van der Waals surface area contributed by atoms with Crippen LogP contribution in [-0.2, 0) is 36.9 Å². The van der Waals surface area contributed by atoms with Crippen LogP contribution in [0.25, 0.3) is 0 Å². The minimum absolute atomic E-state index is 0.0124. The molecule has 3 atom stereocenters. The van der Waals surface area contributed by atoms with E-state index in [1.807, 2.05) is 18.2 Å². The van der Waals surface area contributed by atoms with Gasteiger partial charge >= 0.3 is 12.1 Å².